The summed E-state index contributed by atoms with van der Waals surface area (Å²) in [7, 11) is 0. The standard InChI is InChI=1S/C30H33N3O3/c1-2-3-5-16-28(34)33-27-15-9-14-26(29(27)36-30(33)35)32-19-17-31(18-20-32)22-23-10-8-13-25(21-23)24-11-6-4-7-12-24/h4,6-15,21H,2-3,5,16-20,22H2,1H3. The number of hydrogen-bond acceptors (Lipinski definition) is 5. The first kappa shape index (κ1) is 24.1. The van der Waals surface area contributed by atoms with Gasteiger partial charge in [-0.1, -0.05) is 74.4 Å². The van der Waals surface area contributed by atoms with E-state index in [1.165, 1.54) is 21.3 Å². The van der Waals surface area contributed by atoms with Gasteiger partial charge in [-0.2, -0.15) is 0 Å². The lowest BCUT2D eigenvalue weighted by Crippen LogP contribution is -2.46. The highest BCUT2D eigenvalue weighted by Crippen LogP contribution is 2.28. The summed E-state index contributed by atoms with van der Waals surface area (Å²) >= 11 is 0. The summed E-state index contributed by atoms with van der Waals surface area (Å²) < 4.78 is 6.83. The Hall–Kier alpha value is -3.64. The molecule has 4 aromatic rings. The zero-order valence-corrected chi connectivity index (χ0v) is 20.9. The molecule has 5 rings (SSSR count). The maximum atomic E-state index is 12.7. The minimum atomic E-state index is -0.587. The molecule has 0 bridgehead atoms. The topological polar surface area (TPSA) is 58.7 Å². The average Bonchev–Trinajstić information content (AvgIpc) is 3.26. The number of fused-ring (bicyclic) bond motifs is 1. The highest BCUT2D eigenvalue weighted by Gasteiger charge is 2.23. The number of oxazole rings is 1. The quantitative estimate of drug-likeness (QED) is 0.296. The third kappa shape index (κ3) is 5.14. The van der Waals surface area contributed by atoms with Gasteiger partial charge in [0.1, 0.15) is 5.52 Å². The lowest BCUT2D eigenvalue weighted by Gasteiger charge is -2.36. The molecule has 6 nitrogen and oxygen atoms in total. The fourth-order valence-electron chi connectivity index (χ4n) is 5.03. The first-order valence-corrected chi connectivity index (χ1v) is 12.9. The molecule has 1 saturated heterocycles. The van der Waals surface area contributed by atoms with E-state index < -0.39 is 5.76 Å². The monoisotopic (exact) mass is 483 g/mol. The molecule has 6 heteroatoms. The molecule has 0 spiro atoms. The van der Waals surface area contributed by atoms with Gasteiger partial charge in [0.25, 0.3) is 0 Å². The normalized spacial score (nSPS) is 14.4. The zero-order chi connectivity index (χ0) is 24.9. The second-order valence-corrected chi connectivity index (χ2v) is 9.51. The second kappa shape index (κ2) is 11.0. The summed E-state index contributed by atoms with van der Waals surface area (Å²) in [6.45, 7) is 6.47. The second-order valence-electron chi connectivity index (χ2n) is 9.51. The smallest absolute Gasteiger partial charge is 0.405 e. The van der Waals surface area contributed by atoms with Crippen molar-refractivity contribution in [2.24, 2.45) is 0 Å². The molecular formula is C30H33N3O3. The van der Waals surface area contributed by atoms with Gasteiger partial charge >= 0.3 is 5.76 Å². The number of para-hydroxylation sites is 1. The molecular weight excluding hydrogens is 450 g/mol. The number of anilines is 1. The van der Waals surface area contributed by atoms with Crippen molar-refractivity contribution in [3.05, 3.63) is 88.9 Å². The zero-order valence-electron chi connectivity index (χ0n) is 20.9. The van der Waals surface area contributed by atoms with E-state index >= 15 is 0 Å². The largest absolute Gasteiger partial charge is 0.426 e. The van der Waals surface area contributed by atoms with Crippen molar-refractivity contribution < 1.29 is 9.21 Å². The summed E-state index contributed by atoms with van der Waals surface area (Å²) in [5, 5.41) is 0. The highest BCUT2D eigenvalue weighted by atomic mass is 16.4. The van der Waals surface area contributed by atoms with Crippen LogP contribution in [0.4, 0.5) is 5.69 Å². The van der Waals surface area contributed by atoms with Crippen LogP contribution in [-0.4, -0.2) is 41.6 Å². The van der Waals surface area contributed by atoms with Crippen molar-refractivity contribution >= 4 is 22.7 Å². The van der Waals surface area contributed by atoms with Crippen LogP contribution in [0.3, 0.4) is 0 Å². The van der Waals surface area contributed by atoms with Gasteiger partial charge in [-0.25, -0.2) is 9.36 Å². The highest BCUT2D eigenvalue weighted by molar-refractivity contribution is 5.94. The van der Waals surface area contributed by atoms with Crippen LogP contribution in [0.15, 0.2) is 82.0 Å². The number of carbonyl (C=O) groups is 1. The third-order valence-corrected chi connectivity index (χ3v) is 6.98. The van der Waals surface area contributed by atoms with Crippen molar-refractivity contribution in [1.82, 2.24) is 9.47 Å². The molecule has 0 atom stereocenters. The number of piperazine rings is 1. The molecule has 1 aromatic heterocycles. The van der Waals surface area contributed by atoms with Gasteiger partial charge in [-0.15, -0.1) is 0 Å². The molecule has 0 unspecified atom stereocenters. The van der Waals surface area contributed by atoms with Gasteiger partial charge in [-0.3, -0.25) is 9.69 Å². The molecule has 36 heavy (non-hydrogen) atoms. The van der Waals surface area contributed by atoms with E-state index in [1.807, 2.05) is 18.2 Å². The Balaban J connectivity index is 1.27. The van der Waals surface area contributed by atoms with E-state index in [0.717, 1.165) is 57.7 Å². The maximum absolute atomic E-state index is 12.7. The minimum absolute atomic E-state index is 0.188. The van der Waals surface area contributed by atoms with Gasteiger partial charge < -0.3 is 9.32 Å². The van der Waals surface area contributed by atoms with Crippen molar-refractivity contribution in [3.8, 4) is 11.1 Å². The van der Waals surface area contributed by atoms with Crippen LogP contribution in [0.25, 0.3) is 22.2 Å². The fraction of sp³-hybridized carbons (Fsp3) is 0.333. The van der Waals surface area contributed by atoms with Crippen LogP contribution in [0.2, 0.25) is 0 Å². The summed E-state index contributed by atoms with van der Waals surface area (Å²) in [4.78, 5) is 30.0. The molecule has 1 aliphatic heterocycles. The Kier molecular flexibility index (Phi) is 7.33. The van der Waals surface area contributed by atoms with E-state index in [9.17, 15) is 9.59 Å². The first-order chi connectivity index (χ1) is 17.6. The Morgan fingerprint density at radius 3 is 2.39 bits per heavy atom. The number of unbranched alkanes of at least 4 members (excludes halogenated alkanes) is 2. The molecule has 0 aliphatic carbocycles. The molecule has 3 aromatic carbocycles. The van der Waals surface area contributed by atoms with Crippen LogP contribution in [0.1, 0.15) is 43.0 Å². The van der Waals surface area contributed by atoms with E-state index in [2.05, 4.69) is 65.3 Å². The average molecular weight is 484 g/mol. The molecule has 2 heterocycles. The summed E-state index contributed by atoms with van der Waals surface area (Å²) in [6, 6.07) is 24.9. The molecule has 1 fully saturated rings. The first-order valence-electron chi connectivity index (χ1n) is 12.9. The van der Waals surface area contributed by atoms with Crippen molar-refractivity contribution in [3.63, 3.8) is 0 Å². The molecule has 186 valence electrons. The van der Waals surface area contributed by atoms with E-state index in [0.29, 0.717) is 17.5 Å². The number of nitrogens with zero attached hydrogens (tertiary/aromatic N) is 3. The van der Waals surface area contributed by atoms with Crippen molar-refractivity contribution in [2.75, 3.05) is 31.1 Å². The van der Waals surface area contributed by atoms with E-state index in [4.69, 9.17) is 4.42 Å². The summed E-state index contributed by atoms with van der Waals surface area (Å²) in [5.74, 6) is -0.775. The molecule has 1 aliphatic rings. The van der Waals surface area contributed by atoms with E-state index in [-0.39, 0.29) is 5.91 Å². The van der Waals surface area contributed by atoms with Gasteiger partial charge in [0.2, 0.25) is 5.91 Å². The number of rotatable bonds is 8. The van der Waals surface area contributed by atoms with Crippen LogP contribution >= 0.6 is 0 Å². The lowest BCUT2D eigenvalue weighted by atomic mass is 10.0. The number of aromatic nitrogens is 1. The molecule has 0 N–H and O–H groups in total. The number of hydrogen-bond donors (Lipinski definition) is 0. The minimum Gasteiger partial charge on any atom is -0.405 e. The number of benzene rings is 3. The maximum Gasteiger partial charge on any atom is 0.426 e. The lowest BCUT2D eigenvalue weighted by molar-refractivity contribution is 0.0895. The summed E-state index contributed by atoms with van der Waals surface area (Å²) in [5.41, 5.74) is 5.73. The van der Waals surface area contributed by atoms with Crippen LogP contribution in [0, 0.1) is 0 Å². The Morgan fingerprint density at radius 1 is 0.861 bits per heavy atom. The predicted octanol–water partition coefficient (Wildman–Crippen LogP) is 5.80. The Bertz CT molecular complexity index is 1380. The SMILES string of the molecule is CCCCCC(=O)n1c(=O)oc2c(N3CCN(Cc4cccc(-c5ccccc5)c4)CC3)cccc21. The molecule has 0 amide bonds. The van der Waals surface area contributed by atoms with E-state index in [1.54, 1.807) is 6.07 Å². The van der Waals surface area contributed by atoms with Crippen LogP contribution in [-0.2, 0) is 6.54 Å². The molecule has 0 radical (unpaired) electrons. The van der Waals surface area contributed by atoms with Crippen LogP contribution < -0.4 is 10.7 Å². The Labute approximate surface area is 211 Å². The Morgan fingerprint density at radius 2 is 1.61 bits per heavy atom. The third-order valence-electron chi connectivity index (χ3n) is 6.98. The predicted molar refractivity (Wildman–Crippen MR) is 145 cm³/mol. The summed E-state index contributed by atoms with van der Waals surface area (Å²) in [6.07, 6.45) is 3.15. The van der Waals surface area contributed by atoms with Gasteiger partial charge in [0.15, 0.2) is 5.58 Å². The van der Waals surface area contributed by atoms with Gasteiger partial charge in [0.05, 0.1) is 5.69 Å². The van der Waals surface area contributed by atoms with Gasteiger partial charge in [0, 0.05) is 39.1 Å². The van der Waals surface area contributed by atoms with Crippen molar-refractivity contribution in [1.29, 1.82) is 0 Å². The number of carbonyl (C=O) groups excluding carboxylic acids is 1. The fourth-order valence-corrected chi connectivity index (χ4v) is 5.03. The molecule has 0 saturated carbocycles. The van der Waals surface area contributed by atoms with Crippen molar-refractivity contribution in [2.45, 2.75) is 39.2 Å². The van der Waals surface area contributed by atoms with Gasteiger partial charge in [-0.05, 0) is 41.3 Å². The van der Waals surface area contributed by atoms with Crippen LogP contribution in [0.5, 0.6) is 0 Å².